The number of β-amino-alcohol motifs (C(OH)–C–C–N with tert-alkyl or cyclic N) is 1. The second kappa shape index (κ2) is 15.0. The minimum Gasteiger partial charge on any atom is -0.445 e. The van der Waals surface area contributed by atoms with Crippen molar-refractivity contribution in [3.63, 3.8) is 0 Å². The summed E-state index contributed by atoms with van der Waals surface area (Å²) in [6.07, 6.45) is 5.32. The molecule has 0 radical (unpaired) electrons. The standard InChI is InChI=1S/C12H13Cl2NO2.C11H18N2O2.C4H9NO/c13-10-5-9(6-11(14)7-10)8-17-12(16)15-3-1-2-4-15;12-11(15)8-4-9-6-13(2-1-3-14)7-10(9)5-8;1-5-2-4(6)3-5/h5-7H,1-4,8H2;3,8-10H,1-2,4-7H2,(H2,12,15);4,6H,2-3H2,1H3. The Balaban J connectivity index is 0.000000174. The Kier molecular flexibility index (Phi) is 12.1. The van der Waals surface area contributed by atoms with E-state index in [1.54, 1.807) is 23.1 Å². The number of primary amides is 1. The first-order chi connectivity index (χ1) is 18.1. The van der Waals surface area contributed by atoms with Crippen molar-refractivity contribution >= 4 is 41.5 Å². The number of carbonyl (C=O) groups excluding carboxylic acids is 3. The maximum absolute atomic E-state index is 11.6. The van der Waals surface area contributed by atoms with Crippen LogP contribution in [0.2, 0.25) is 10.0 Å². The van der Waals surface area contributed by atoms with Gasteiger partial charge in [-0.2, -0.15) is 0 Å². The van der Waals surface area contributed by atoms with E-state index in [0.717, 1.165) is 83.3 Å². The molecule has 5 rings (SSSR count). The van der Waals surface area contributed by atoms with Crippen LogP contribution in [0.4, 0.5) is 4.79 Å². The number of halogens is 2. The van der Waals surface area contributed by atoms with Crippen LogP contribution in [0, 0.1) is 17.8 Å². The molecule has 0 spiro atoms. The summed E-state index contributed by atoms with van der Waals surface area (Å²) in [5, 5.41) is 9.67. The lowest BCUT2D eigenvalue weighted by atomic mass is 10.0. The fraction of sp³-hybridized carbons (Fsp3) is 0.667. The number of aldehydes is 1. The molecule has 1 aromatic rings. The molecular weight excluding hydrogens is 531 g/mol. The fourth-order valence-electron chi connectivity index (χ4n) is 5.54. The largest absolute Gasteiger partial charge is 0.445 e. The second-order valence-electron chi connectivity index (χ2n) is 10.7. The maximum atomic E-state index is 11.6. The average molecular weight is 572 g/mol. The van der Waals surface area contributed by atoms with E-state index in [-0.39, 0.29) is 30.6 Å². The first-order valence-electron chi connectivity index (χ1n) is 13.3. The van der Waals surface area contributed by atoms with E-state index in [1.807, 2.05) is 7.05 Å². The van der Waals surface area contributed by atoms with Crippen molar-refractivity contribution in [3.05, 3.63) is 33.8 Å². The molecule has 3 saturated heterocycles. The van der Waals surface area contributed by atoms with Gasteiger partial charge in [-0.05, 0) is 68.3 Å². The van der Waals surface area contributed by atoms with Crippen LogP contribution < -0.4 is 5.73 Å². The van der Waals surface area contributed by atoms with Gasteiger partial charge in [0.15, 0.2) is 0 Å². The van der Waals surface area contributed by atoms with Gasteiger partial charge in [0.05, 0.1) is 6.10 Å². The SMILES string of the molecule is CN1CC(O)C1.NC(=O)C1CC2CN(CCC=O)CC2C1.O=C(OCc1cc(Cl)cc(Cl)c1)N1CCCC1. The third-order valence-corrected chi connectivity index (χ3v) is 7.92. The smallest absolute Gasteiger partial charge is 0.410 e. The van der Waals surface area contributed by atoms with Gasteiger partial charge < -0.3 is 35.1 Å². The summed E-state index contributed by atoms with van der Waals surface area (Å²) in [5.41, 5.74) is 6.12. The van der Waals surface area contributed by atoms with Crippen LogP contribution >= 0.6 is 23.2 Å². The lowest BCUT2D eigenvalue weighted by Crippen LogP contribution is -2.47. The number of aliphatic hydroxyl groups is 1. The highest BCUT2D eigenvalue weighted by Gasteiger charge is 2.42. The maximum Gasteiger partial charge on any atom is 0.410 e. The molecule has 11 heteroatoms. The number of amides is 2. The topological polar surface area (TPSA) is 116 Å². The van der Waals surface area contributed by atoms with Gasteiger partial charge in [-0.25, -0.2) is 4.79 Å². The third-order valence-electron chi connectivity index (χ3n) is 7.49. The first kappa shape index (κ1) is 30.6. The summed E-state index contributed by atoms with van der Waals surface area (Å²) in [7, 11) is 1.99. The molecule has 38 heavy (non-hydrogen) atoms. The zero-order valence-corrected chi connectivity index (χ0v) is 23.6. The average Bonchev–Trinajstić information content (AvgIpc) is 3.58. The Morgan fingerprint density at radius 2 is 1.63 bits per heavy atom. The Morgan fingerprint density at radius 1 is 1.05 bits per heavy atom. The van der Waals surface area contributed by atoms with Crippen molar-refractivity contribution in [2.24, 2.45) is 23.5 Å². The predicted octanol–water partition coefficient (Wildman–Crippen LogP) is 3.04. The summed E-state index contributed by atoms with van der Waals surface area (Å²) in [6.45, 7) is 6.46. The van der Waals surface area contributed by atoms with Crippen LogP contribution in [0.25, 0.3) is 0 Å². The number of rotatable bonds is 6. The molecule has 4 aliphatic rings. The molecular formula is C27H40Cl2N4O5. The van der Waals surface area contributed by atoms with E-state index in [2.05, 4.69) is 9.80 Å². The van der Waals surface area contributed by atoms with Crippen LogP contribution in [-0.4, -0.2) is 97.1 Å². The van der Waals surface area contributed by atoms with Gasteiger partial charge in [-0.1, -0.05) is 23.2 Å². The normalized spacial score (nSPS) is 24.9. The second-order valence-corrected chi connectivity index (χ2v) is 11.6. The van der Waals surface area contributed by atoms with Gasteiger partial charge in [0.25, 0.3) is 0 Å². The summed E-state index contributed by atoms with van der Waals surface area (Å²) in [5.74, 6) is 1.24. The van der Waals surface area contributed by atoms with E-state index >= 15 is 0 Å². The molecule has 2 amide bonds. The Bertz CT molecular complexity index is 900. The van der Waals surface area contributed by atoms with Crippen molar-refractivity contribution in [2.75, 3.05) is 52.9 Å². The van der Waals surface area contributed by atoms with Crippen LogP contribution in [-0.2, 0) is 20.9 Å². The van der Waals surface area contributed by atoms with Gasteiger partial charge in [-0.15, -0.1) is 0 Å². The zero-order valence-electron chi connectivity index (χ0n) is 22.1. The molecule has 0 bridgehead atoms. The van der Waals surface area contributed by atoms with E-state index < -0.39 is 0 Å². The molecule has 1 aliphatic carbocycles. The van der Waals surface area contributed by atoms with Crippen molar-refractivity contribution < 1.29 is 24.2 Å². The minimum absolute atomic E-state index is 0.0324. The number of fused-ring (bicyclic) bond motifs is 1. The number of likely N-dealkylation sites (N-methyl/N-ethyl adjacent to an activating group) is 1. The van der Waals surface area contributed by atoms with Crippen molar-refractivity contribution in [2.45, 2.75) is 44.8 Å². The minimum atomic E-state index is -0.265. The highest BCUT2D eigenvalue weighted by molar-refractivity contribution is 6.34. The molecule has 0 aromatic heterocycles. The molecule has 212 valence electrons. The monoisotopic (exact) mass is 570 g/mol. The molecule has 2 atom stereocenters. The quantitative estimate of drug-likeness (QED) is 0.505. The number of hydrogen-bond acceptors (Lipinski definition) is 7. The molecule has 1 saturated carbocycles. The molecule has 4 fully saturated rings. The Labute approximate surface area is 235 Å². The lowest BCUT2D eigenvalue weighted by molar-refractivity contribution is -0.121. The number of hydrogen-bond donors (Lipinski definition) is 2. The molecule has 1 aromatic carbocycles. The summed E-state index contributed by atoms with van der Waals surface area (Å²) >= 11 is 11.7. The van der Waals surface area contributed by atoms with Crippen LogP contribution in [0.15, 0.2) is 18.2 Å². The number of carbonyl (C=O) groups is 3. The van der Waals surface area contributed by atoms with E-state index in [4.69, 9.17) is 38.8 Å². The first-order valence-corrected chi connectivity index (χ1v) is 14.1. The van der Waals surface area contributed by atoms with Gasteiger partial charge in [0.2, 0.25) is 5.91 Å². The zero-order chi connectivity index (χ0) is 27.7. The molecule has 3 aliphatic heterocycles. The van der Waals surface area contributed by atoms with Crippen LogP contribution in [0.3, 0.4) is 0 Å². The van der Waals surface area contributed by atoms with E-state index in [9.17, 15) is 14.4 Å². The molecule has 3 heterocycles. The third kappa shape index (κ3) is 9.68. The number of nitrogens with zero attached hydrogens (tertiary/aromatic N) is 3. The summed E-state index contributed by atoms with van der Waals surface area (Å²) in [4.78, 5) is 39.1. The van der Waals surface area contributed by atoms with E-state index in [0.29, 0.717) is 28.3 Å². The highest BCUT2D eigenvalue weighted by atomic mass is 35.5. The Hall–Kier alpha value is -1.91. The number of benzene rings is 1. The van der Waals surface area contributed by atoms with Crippen LogP contribution in [0.1, 0.15) is 37.7 Å². The van der Waals surface area contributed by atoms with Gasteiger partial charge in [0.1, 0.15) is 12.9 Å². The number of nitrogens with two attached hydrogens (primary N) is 1. The number of likely N-dealkylation sites (tertiary alicyclic amines) is 3. The fourth-order valence-corrected chi connectivity index (χ4v) is 6.11. The number of aliphatic hydroxyl groups excluding tert-OH is 1. The van der Waals surface area contributed by atoms with Gasteiger partial charge in [0, 0.05) is 68.2 Å². The van der Waals surface area contributed by atoms with Crippen molar-refractivity contribution in [1.29, 1.82) is 0 Å². The molecule has 9 nitrogen and oxygen atoms in total. The predicted molar refractivity (Wildman–Crippen MR) is 147 cm³/mol. The summed E-state index contributed by atoms with van der Waals surface area (Å²) in [6, 6.07) is 5.13. The molecule has 3 N–H and O–H groups in total. The number of ether oxygens (including phenoxy) is 1. The highest BCUT2D eigenvalue weighted by Crippen LogP contribution is 2.41. The lowest BCUT2D eigenvalue weighted by Gasteiger charge is -2.31. The molecule has 2 unspecified atom stereocenters. The summed E-state index contributed by atoms with van der Waals surface area (Å²) < 4.78 is 5.19. The van der Waals surface area contributed by atoms with E-state index in [1.165, 1.54) is 0 Å². The van der Waals surface area contributed by atoms with Gasteiger partial charge in [-0.3, -0.25) is 4.79 Å². The van der Waals surface area contributed by atoms with Gasteiger partial charge >= 0.3 is 6.09 Å². The van der Waals surface area contributed by atoms with Crippen molar-refractivity contribution in [3.8, 4) is 0 Å². The van der Waals surface area contributed by atoms with Crippen molar-refractivity contribution in [1.82, 2.24) is 14.7 Å². The van der Waals surface area contributed by atoms with Crippen LogP contribution in [0.5, 0.6) is 0 Å². The Morgan fingerprint density at radius 3 is 2.08 bits per heavy atom.